The number of esters is 2. The lowest BCUT2D eigenvalue weighted by atomic mass is 9.88. The molecule has 34 heavy (non-hydrogen) atoms. The predicted molar refractivity (Wildman–Crippen MR) is 135 cm³/mol. The first-order valence-corrected chi connectivity index (χ1v) is 12.8. The summed E-state index contributed by atoms with van der Waals surface area (Å²) in [6.45, 7) is 7.10. The summed E-state index contributed by atoms with van der Waals surface area (Å²) in [7, 11) is 0. The largest absolute Gasteiger partial charge is 0.389 e. The summed E-state index contributed by atoms with van der Waals surface area (Å²) in [5.41, 5.74) is 5.62. The number of unbranched alkanes of at least 4 members (excludes halogenated alkanes) is 1. The molecule has 2 aromatic rings. The number of hydrogen-bond acceptors (Lipinski definition) is 6. The molecule has 0 bridgehead atoms. The number of para-hydroxylation sites is 2. The van der Waals surface area contributed by atoms with Crippen molar-refractivity contribution in [3.05, 3.63) is 58.7 Å². The van der Waals surface area contributed by atoms with E-state index < -0.39 is 17.9 Å². The fourth-order valence-electron chi connectivity index (χ4n) is 5.65. The van der Waals surface area contributed by atoms with Crippen LogP contribution in [0.2, 0.25) is 0 Å². The van der Waals surface area contributed by atoms with Crippen molar-refractivity contribution in [2.24, 2.45) is 5.92 Å². The number of carbonyl (C=O) groups is 2. The highest BCUT2D eigenvalue weighted by atomic mass is 16.6. The van der Waals surface area contributed by atoms with Gasteiger partial charge in [-0.2, -0.15) is 0 Å². The lowest BCUT2D eigenvalue weighted by Crippen LogP contribution is -2.35. The molecule has 0 spiro atoms. The Balaban J connectivity index is 1.23. The van der Waals surface area contributed by atoms with Crippen molar-refractivity contribution in [2.45, 2.75) is 51.4 Å². The minimum absolute atomic E-state index is 0.438. The molecule has 3 aliphatic rings. The molecule has 0 aliphatic carbocycles. The Morgan fingerprint density at radius 2 is 1.88 bits per heavy atom. The van der Waals surface area contributed by atoms with Crippen LogP contribution in [0.1, 0.15) is 65.6 Å². The predicted octanol–water partition coefficient (Wildman–Crippen LogP) is 4.60. The summed E-state index contributed by atoms with van der Waals surface area (Å²) in [4.78, 5) is 28.4. The Hall–Kier alpha value is -2.86. The second kappa shape index (κ2) is 10.2. The van der Waals surface area contributed by atoms with E-state index in [4.69, 9.17) is 4.74 Å². The third-order valence-corrected chi connectivity index (χ3v) is 7.63. The number of nitrogens with zero attached hydrogens (tertiary/aromatic N) is 1. The van der Waals surface area contributed by atoms with Crippen molar-refractivity contribution < 1.29 is 14.3 Å². The van der Waals surface area contributed by atoms with Gasteiger partial charge in [0, 0.05) is 18.8 Å². The maximum atomic E-state index is 13.0. The van der Waals surface area contributed by atoms with E-state index in [9.17, 15) is 9.59 Å². The monoisotopic (exact) mass is 461 g/mol. The lowest BCUT2D eigenvalue weighted by Gasteiger charge is -2.32. The van der Waals surface area contributed by atoms with Gasteiger partial charge in [0.1, 0.15) is 5.92 Å². The van der Waals surface area contributed by atoms with Crippen LogP contribution in [-0.2, 0) is 22.4 Å². The SMILES string of the molecule is CCCCN1CCC(Cc2cccc3c2NCC3C(=O)OC(=O)c2cccc3c2NCC3)CC1. The molecule has 1 saturated heterocycles. The molecule has 180 valence electrons. The Morgan fingerprint density at radius 1 is 1.06 bits per heavy atom. The molecule has 6 heteroatoms. The van der Waals surface area contributed by atoms with Gasteiger partial charge in [0.15, 0.2) is 0 Å². The fourth-order valence-corrected chi connectivity index (χ4v) is 5.65. The second-order valence-corrected chi connectivity index (χ2v) is 9.88. The summed E-state index contributed by atoms with van der Waals surface area (Å²) in [6, 6.07) is 11.8. The molecular formula is C28H35N3O3. The van der Waals surface area contributed by atoms with E-state index in [0.717, 1.165) is 41.9 Å². The molecule has 3 aliphatic heterocycles. The quantitative estimate of drug-likeness (QED) is 0.464. The highest BCUT2D eigenvalue weighted by Crippen LogP contribution is 2.37. The first-order valence-electron chi connectivity index (χ1n) is 12.8. The summed E-state index contributed by atoms with van der Waals surface area (Å²) in [6.07, 6.45) is 6.89. The number of anilines is 2. The van der Waals surface area contributed by atoms with Crippen LogP contribution < -0.4 is 10.6 Å². The van der Waals surface area contributed by atoms with Crippen LogP contribution in [0.5, 0.6) is 0 Å². The summed E-state index contributed by atoms with van der Waals surface area (Å²) < 4.78 is 5.37. The van der Waals surface area contributed by atoms with Crippen LogP contribution in [0.4, 0.5) is 11.4 Å². The average Bonchev–Trinajstić information content (AvgIpc) is 3.51. The van der Waals surface area contributed by atoms with Gasteiger partial charge in [-0.05, 0) is 80.4 Å². The Labute approximate surface area is 202 Å². The highest BCUT2D eigenvalue weighted by molar-refractivity contribution is 6.03. The van der Waals surface area contributed by atoms with E-state index in [-0.39, 0.29) is 0 Å². The molecule has 0 radical (unpaired) electrons. The van der Waals surface area contributed by atoms with Crippen LogP contribution >= 0.6 is 0 Å². The van der Waals surface area contributed by atoms with Crippen molar-refractivity contribution in [1.29, 1.82) is 0 Å². The highest BCUT2D eigenvalue weighted by Gasteiger charge is 2.34. The zero-order valence-corrected chi connectivity index (χ0v) is 20.1. The van der Waals surface area contributed by atoms with E-state index in [1.54, 1.807) is 6.07 Å². The van der Waals surface area contributed by atoms with Crippen molar-refractivity contribution in [3.63, 3.8) is 0 Å². The molecule has 0 amide bonds. The standard InChI is InChI=1S/C28H35N3O3/c1-2-3-14-31-15-11-19(12-16-31)17-21-7-5-8-22-24(18-30-26(21)22)28(33)34-27(32)23-9-4-6-20-10-13-29-25(20)23/h4-9,19,24,29-30H,2-3,10-18H2,1H3. The van der Waals surface area contributed by atoms with Gasteiger partial charge in [0.05, 0.1) is 11.3 Å². The van der Waals surface area contributed by atoms with Crippen LogP contribution in [-0.4, -0.2) is 49.6 Å². The van der Waals surface area contributed by atoms with Gasteiger partial charge in [-0.15, -0.1) is 0 Å². The van der Waals surface area contributed by atoms with Crippen molar-refractivity contribution >= 4 is 23.3 Å². The molecule has 1 fully saturated rings. The van der Waals surface area contributed by atoms with Gasteiger partial charge in [0.2, 0.25) is 0 Å². The topological polar surface area (TPSA) is 70.7 Å². The van der Waals surface area contributed by atoms with Gasteiger partial charge >= 0.3 is 11.9 Å². The van der Waals surface area contributed by atoms with E-state index in [0.29, 0.717) is 18.0 Å². The smallest absolute Gasteiger partial charge is 0.347 e. The van der Waals surface area contributed by atoms with E-state index in [2.05, 4.69) is 28.5 Å². The number of benzene rings is 2. The minimum Gasteiger partial charge on any atom is -0.389 e. The number of fused-ring (bicyclic) bond motifs is 2. The number of likely N-dealkylation sites (tertiary alicyclic amines) is 1. The van der Waals surface area contributed by atoms with E-state index in [1.165, 1.54) is 50.9 Å². The maximum absolute atomic E-state index is 13.0. The van der Waals surface area contributed by atoms with Crippen LogP contribution in [0.3, 0.4) is 0 Å². The van der Waals surface area contributed by atoms with Crippen LogP contribution in [0, 0.1) is 5.92 Å². The molecular weight excluding hydrogens is 426 g/mol. The fraction of sp³-hybridized carbons (Fsp3) is 0.500. The average molecular weight is 462 g/mol. The number of hydrogen-bond donors (Lipinski definition) is 2. The summed E-state index contributed by atoms with van der Waals surface area (Å²) >= 11 is 0. The maximum Gasteiger partial charge on any atom is 0.347 e. The first kappa shape index (κ1) is 22.9. The molecule has 1 unspecified atom stereocenters. The van der Waals surface area contributed by atoms with E-state index in [1.807, 2.05) is 24.3 Å². The van der Waals surface area contributed by atoms with Gasteiger partial charge in [-0.25, -0.2) is 4.79 Å². The number of nitrogens with one attached hydrogen (secondary N) is 2. The Morgan fingerprint density at radius 3 is 2.71 bits per heavy atom. The number of carbonyl (C=O) groups excluding carboxylic acids is 2. The van der Waals surface area contributed by atoms with Crippen molar-refractivity contribution in [3.8, 4) is 0 Å². The van der Waals surface area contributed by atoms with E-state index >= 15 is 0 Å². The van der Waals surface area contributed by atoms with Crippen molar-refractivity contribution in [2.75, 3.05) is 43.4 Å². The van der Waals surface area contributed by atoms with Gasteiger partial charge in [0.25, 0.3) is 0 Å². The Bertz CT molecular complexity index is 1060. The normalized spacial score (nSPS) is 19.7. The van der Waals surface area contributed by atoms with Crippen LogP contribution in [0.25, 0.3) is 0 Å². The molecule has 3 heterocycles. The van der Waals surface area contributed by atoms with Crippen molar-refractivity contribution in [1.82, 2.24) is 4.90 Å². The lowest BCUT2D eigenvalue weighted by molar-refractivity contribution is -0.139. The molecule has 5 rings (SSSR count). The first-order chi connectivity index (χ1) is 16.6. The van der Waals surface area contributed by atoms with Gasteiger partial charge in [-0.3, -0.25) is 4.79 Å². The number of ether oxygens (including phenoxy) is 1. The number of rotatable bonds is 7. The zero-order valence-electron chi connectivity index (χ0n) is 20.1. The summed E-state index contributed by atoms with van der Waals surface area (Å²) in [5.74, 6) is -0.838. The minimum atomic E-state index is -0.573. The van der Waals surface area contributed by atoms with Gasteiger partial charge in [-0.1, -0.05) is 43.7 Å². The molecule has 0 saturated carbocycles. The van der Waals surface area contributed by atoms with Gasteiger partial charge < -0.3 is 20.3 Å². The third-order valence-electron chi connectivity index (χ3n) is 7.63. The second-order valence-electron chi connectivity index (χ2n) is 9.88. The Kier molecular flexibility index (Phi) is 6.86. The van der Waals surface area contributed by atoms with Crippen LogP contribution in [0.15, 0.2) is 36.4 Å². The molecule has 2 N–H and O–H groups in total. The zero-order chi connectivity index (χ0) is 23.5. The molecule has 6 nitrogen and oxygen atoms in total. The molecule has 1 atom stereocenters. The molecule has 0 aromatic heterocycles. The third kappa shape index (κ3) is 4.69. The number of piperidine rings is 1. The summed E-state index contributed by atoms with van der Waals surface area (Å²) in [5, 5.41) is 6.69. The molecule has 2 aromatic carbocycles.